The van der Waals surface area contributed by atoms with Crippen LogP contribution in [0.25, 0.3) is 10.8 Å². The highest BCUT2D eigenvalue weighted by Gasteiger charge is 2.42. The largest absolute Gasteiger partial charge is 0.508 e. The second-order valence-corrected chi connectivity index (χ2v) is 14.5. The van der Waals surface area contributed by atoms with E-state index < -0.39 is 59.7 Å². The molecule has 0 spiro atoms. The number of nitrogens with one attached hydrogen (secondary N) is 3. The number of carbonyl (C=O) groups excluding carboxylic acids is 5. The molecule has 57 heavy (non-hydrogen) atoms. The fourth-order valence-corrected chi connectivity index (χ4v) is 7.30. The first-order chi connectivity index (χ1) is 27.3. The van der Waals surface area contributed by atoms with Crippen LogP contribution in [0.5, 0.6) is 5.75 Å². The topological polar surface area (TPSA) is 277 Å². The van der Waals surface area contributed by atoms with Crippen LogP contribution in [0.1, 0.15) is 49.7 Å². The fourth-order valence-electron chi connectivity index (χ4n) is 7.30. The Morgan fingerprint density at radius 3 is 1.95 bits per heavy atom. The van der Waals surface area contributed by atoms with E-state index in [4.69, 9.17) is 22.9 Å². The van der Waals surface area contributed by atoms with Gasteiger partial charge < -0.3 is 53.8 Å². The van der Waals surface area contributed by atoms with Crippen molar-refractivity contribution in [2.75, 3.05) is 26.7 Å². The van der Waals surface area contributed by atoms with Crippen LogP contribution in [0.4, 0.5) is 0 Å². The van der Waals surface area contributed by atoms with Gasteiger partial charge in [-0.2, -0.15) is 0 Å². The third-order valence-electron chi connectivity index (χ3n) is 10.3. The summed E-state index contributed by atoms with van der Waals surface area (Å²) in [4.78, 5) is 82.6. The maximum Gasteiger partial charge on any atom is 0.246 e. The van der Waals surface area contributed by atoms with E-state index in [-0.39, 0.29) is 69.4 Å². The molecular weight excluding hydrogens is 731 g/mol. The molecule has 3 aromatic carbocycles. The van der Waals surface area contributed by atoms with Gasteiger partial charge in [-0.15, -0.1) is 0 Å². The van der Waals surface area contributed by atoms with Gasteiger partial charge >= 0.3 is 0 Å². The summed E-state index contributed by atoms with van der Waals surface area (Å²) in [6.45, 7) is 0.597. The van der Waals surface area contributed by atoms with Gasteiger partial charge in [0.05, 0.1) is 0 Å². The molecule has 0 aromatic heterocycles. The Bertz CT molecular complexity index is 1980. The zero-order valence-corrected chi connectivity index (χ0v) is 32.1. The van der Waals surface area contributed by atoms with Crippen molar-refractivity contribution in [2.24, 2.45) is 32.9 Å². The molecule has 0 bridgehead atoms. The maximum atomic E-state index is 14.7. The summed E-state index contributed by atoms with van der Waals surface area (Å²) in [5.41, 5.74) is 23.5. The summed E-state index contributed by atoms with van der Waals surface area (Å²) in [5.74, 6) is -3.08. The van der Waals surface area contributed by atoms with E-state index in [0.717, 1.165) is 16.3 Å². The molecule has 12 N–H and O–H groups in total. The van der Waals surface area contributed by atoms with Crippen LogP contribution in [-0.4, -0.2) is 113 Å². The average Bonchev–Trinajstić information content (AvgIpc) is 3.69. The predicted octanol–water partition coefficient (Wildman–Crippen LogP) is -0.276. The quantitative estimate of drug-likeness (QED) is 0.0676. The number of carbonyl (C=O) groups is 5. The number of phenolic OH excluding ortho intramolecular Hbond substituents is 1. The molecule has 5 amide bonds. The van der Waals surface area contributed by atoms with E-state index in [1.165, 1.54) is 29.0 Å². The van der Waals surface area contributed by atoms with Crippen molar-refractivity contribution in [3.8, 4) is 5.75 Å². The average molecular weight is 784 g/mol. The Morgan fingerprint density at radius 1 is 0.702 bits per heavy atom. The fraction of sp³-hybridized carbons (Fsp3) is 0.425. The molecule has 2 saturated heterocycles. The van der Waals surface area contributed by atoms with Crippen molar-refractivity contribution in [2.45, 2.75) is 81.6 Å². The van der Waals surface area contributed by atoms with Gasteiger partial charge in [0.2, 0.25) is 29.5 Å². The first-order valence-corrected chi connectivity index (χ1v) is 19.2. The van der Waals surface area contributed by atoms with E-state index in [2.05, 4.69) is 25.9 Å². The van der Waals surface area contributed by atoms with Crippen LogP contribution in [0.15, 0.2) is 76.7 Å². The molecule has 2 aliphatic rings. The zero-order valence-electron chi connectivity index (χ0n) is 32.1. The molecule has 304 valence electrons. The first-order valence-electron chi connectivity index (χ1n) is 19.2. The minimum atomic E-state index is -1.18. The van der Waals surface area contributed by atoms with Crippen molar-refractivity contribution in [3.63, 3.8) is 0 Å². The lowest BCUT2D eigenvalue weighted by molar-refractivity contribution is -0.148. The lowest BCUT2D eigenvalue weighted by atomic mass is 9.98. The molecule has 0 aliphatic carbocycles. The van der Waals surface area contributed by atoms with Gasteiger partial charge in [-0.25, -0.2) is 0 Å². The Labute approximate surface area is 331 Å². The summed E-state index contributed by atoms with van der Waals surface area (Å²) in [7, 11) is 1.52. The van der Waals surface area contributed by atoms with Crippen molar-refractivity contribution in [1.29, 1.82) is 0 Å². The Balaban J connectivity index is 1.56. The van der Waals surface area contributed by atoms with E-state index in [1.54, 1.807) is 12.1 Å². The number of nitrogens with two attached hydrogens (primary N) is 4. The van der Waals surface area contributed by atoms with Crippen molar-refractivity contribution in [1.82, 2.24) is 25.8 Å². The van der Waals surface area contributed by atoms with Gasteiger partial charge in [0, 0.05) is 39.5 Å². The first kappa shape index (κ1) is 41.8. The third kappa shape index (κ3) is 11.3. The van der Waals surface area contributed by atoms with Gasteiger partial charge in [-0.3, -0.25) is 34.0 Å². The highest BCUT2D eigenvalue weighted by molar-refractivity contribution is 5.98. The number of nitrogens with zero attached hydrogens (tertiary/aromatic N) is 4. The molecule has 3 aromatic rings. The number of benzene rings is 3. The molecule has 2 aliphatic heterocycles. The number of hydrogen-bond acceptors (Lipinski definition) is 8. The normalized spacial score (nSPS) is 22.1. The third-order valence-corrected chi connectivity index (χ3v) is 10.3. The number of amides is 5. The van der Waals surface area contributed by atoms with Gasteiger partial charge in [0.25, 0.3) is 0 Å². The van der Waals surface area contributed by atoms with E-state index >= 15 is 0 Å². The molecule has 0 saturated carbocycles. The predicted molar refractivity (Wildman–Crippen MR) is 216 cm³/mol. The van der Waals surface area contributed by atoms with E-state index in [9.17, 15) is 29.1 Å². The summed E-state index contributed by atoms with van der Waals surface area (Å²) >= 11 is 0. The molecule has 17 nitrogen and oxygen atoms in total. The van der Waals surface area contributed by atoms with Crippen LogP contribution >= 0.6 is 0 Å². The smallest absolute Gasteiger partial charge is 0.246 e. The highest BCUT2D eigenvalue weighted by Crippen LogP contribution is 2.24. The Hall–Kier alpha value is -6.39. The Morgan fingerprint density at radius 2 is 1.28 bits per heavy atom. The van der Waals surface area contributed by atoms with Gasteiger partial charge in [-0.05, 0) is 72.6 Å². The van der Waals surface area contributed by atoms with Crippen LogP contribution in [0.3, 0.4) is 0 Å². The monoisotopic (exact) mass is 783 g/mol. The maximum absolute atomic E-state index is 14.7. The number of aromatic hydroxyl groups is 1. The highest BCUT2D eigenvalue weighted by atomic mass is 16.3. The van der Waals surface area contributed by atoms with Crippen LogP contribution in [0.2, 0.25) is 0 Å². The van der Waals surface area contributed by atoms with Gasteiger partial charge in [-0.1, -0.05) is 54.6 Å². The second kappa shape index (κ2) is 19.5. The van der Waals surface area contributed by atoms with Crippen molar-refractivity contribution in [3.05, 3.63) is 77.9 Å². The molecule has 0 radical (unpaired) electrons. The molecule has 5 rings (SSSR count). The van der Waals surface area contributed by atoms with Gasteiger partial charge in [0.15, 0.2) is 11.9 Å². The summed E-state index contributed by atoms with van der Waals surface area (Å²) in [5, 5.41) is 20.3. The standard InChI is InChI=1S/C40H53N11O6/c1-50-33(23-25-12-15-26-7-2-3-8-27(26)21-25)38(57)51-20-6-11-32(51)36(55)49-31(22-24-13-16-28(52)17-14-24)35(54)47-29(9-4-18-45-39(41)42)34(53)48-30(37(50)56)10-5-19-46-40(43)44/h2-3,7-8,12-17,21,29-33,52H,4-6,9-11,18-20,22-23H2,1H3,(H,47,54)(H,48,53)(H,49,55)(H4,41,42,45)(H4,43,44,46)/t29-,30-,31+,32-,33-/m0/s1. The van der Waals surface area contributed by atoms with Crippen LogP contribution in [-0.2, 0) is 36.8 Å². The number of guanidine groups is 2. The van der Waals surface area contributed by atoms with E-state index in [1.807, 2.05) is 42.5 Å². The molecule has 2 heterocycles. The van der Waals surface area contributed by atoms with Gasteiger partial charge in [0.1, 0.15) is 36.0 Å². The number of rotatable bonds is 12. The minimum absolute atomic E-state index is 0.0140. The minimum Gasteiger partial charge on any atom is -0.508 e. The Kier molecular flexibility index (Phi) is 14.3. The molecule has 0 unspecified atom stereocenters. The number of likely N-dealkylation sites (N-methyl/N-ethyl adjacent to an activating group) is 1. The van der Waals surface area contributed by atoms with Crippen molar-refractivity contribution >= 4 is 52.2 Å². The second-order valence-electron chi connectivity index (χ2n) is 14.5. The summed E-state index contributed by atoms with van der Waals surface area (Å²) < 4.78 is 0. The van der Waals surface area contributed by atoms with E-state index in [0.29, 0.717) is 24.8 Å². The lowest BCUT2D eigenvalue weighted by Gasteiger charge is -2.35. The number of phenols is 1. The number of hydrogen-bond donors (Lipinski definition) is 8. The lowest BCUT2D eigenvalue weighted by Crippen LogP contribution is -2.58. The van der Waals surface area contributed by atoms with Crippen molar-refractivity contribution < 1.29 is 29.1 Å². The zero-order chi connectivity index (χ0) is 41.1. The summed E-state index contributed by atoms with van der Waals surface area (Å²) in [6, 6.07) is 14.3. The SMILES string of the molecule is CN1C(=O)[C@H](CCCN=C(N)N)NC(=O)[C@H](CCCN=C(N)N)NC(=O)[C@@H](Cc2ccc(O)cc2)NC(=O)[C@@H]2CCCN2C(=O)[C@@H]1Cc1ccc2ccccc2c1. The van der Waals surface area contributed by atoms with Crippen LogP contribution < -0.4 is 38.9 Å². The van der Waals surface area contributed by atoms with Crippen LogP contribution in [0, 0.1) is 0 Å². The molecule has 17 heteroatoms. The number of aliphatic imine (C=N–C) groups is 2. The molecule has 5 atom stereocenters. The summed E-state index contributed by atoms with van der Waals surface area (Å²) in [6.07, 6.45) is 1.78. The molecular formula is C40H53N11O6. The molecule has 2 fully saturated rings. The number of fused-ring (bicyclic) bond motifs is 2.